The van der Waals surface area contributed by atoms with E-state index in [1.807, 2.05) is 36.4 Å². The van der Waals surface area contributed by atoms with Gasteiger partial charge in [0, 0.05) is 13.1 Å². The van der Waals surface area contributed by atoms with E-state index in [4.69, 9.17) is 16.6 Å². The molecule has 0 spiro atoms. The number of likely N-dealkylation sites (tertiary alicyclic amines) is 1. The van der Waals surface area contributed by atoms with Crippen LogP contribution in [0.4, 0.5) is 5.69 Å². The number of carbonyl (C=O) groups excluding carboxylic acids is 1. The highest BCUT2D eigenvalue weighted by atomic mass is 35.5. The number of halogens is 1. The van der Waals surface area contributed by atoms with Gasteiger partial charge in [0.2, 0.25) is 0 Å². The molecule has 0 unspecified atom stereocenters. The zero-order valence-corrected chi connectivity index (χ0v) is 20.1. The Morgan fingerprint density at radius 2 is 1.97 bits per heavy atom. The number of aryl methyl sites for hydroxylation is 1. The largest absolute Gasteiger partial charge is 0.327 e. The molecule has 6 nitrogen and oxygen atoms in total. The van der Waals surface area contributed by atoms with Gasteiger partial charge in [0.25, 0.3) is 5.91 Å². The zero-order chi connectivity index (χ0) is 22.8. The summed E-state index contributed by atoms with van der Waals surface area (Å²) in [6.45, 7) is 6.40. The number of hydrogen-bond acceptors (Lipinski definition) is 5. The van der Waals surface area contributed by atoms with Crippen molar-refractivity contribution in [2.24, 2.45) is 4.99 Å². The molecule has 33 heavy (non-hydrogen) atoms. The summed E-state index contributed by atoms with van der Waals surface area (Å²) in [6.07, 6.45) is 5.84. The van der Waals surface area contributed by atoms with Gasteiger partial charge in [0.1, 0.15) is 5.82 Å². The van der Waals surface area contributed by atoms with Crippen molar-refractivity contribution in [2.45, 2.75) is 32.7 Å². The molecule has 0 aliphatic carbocycles. The predicted molar refractivity (Wildman–Crippen MR) is 137 cm³/mol. The number of carbonyl (C=O) groups is 1. The van der Waals surface area contributed by atoms with Crippen molar-refractivity contribution >= 4 is 57.2 Å². The lowest BCUT2D eigenvalue weighted by atomic mass is 10.1. The first-order valence-electron chi connectivity index (χ1n) is 11.3. The highest BCUT2D eigenvalue weighted by Crippen LogP contribution is 2.31. The van der Waals surface area contributed by atoms with E-state index < -0.39 is 0 Å². The second-order valence-electron chi connectivity index (χ2n) is 8.39. The molecule has 2 aliphatic rings. The number of para-hydroxylation sites is 1. The van der Waals surface area contributed by atoms with E-state index in [9.17, 15) is 4.79 Å². The van der Waals surface area contributed by atoms with Crippen LogP contribution in [-0.2, 0) is 11.3 Å². The Hall–Kier alpha value is -2.61. The van der Waals surface area contributed by atoms with Gasteiger partial charge in [-0.05, 0) is 80.5 Å². The molecule has 2 aliphatic heterocycles. The Morgan fingerprint density at radius 3 is 2.79 bits per heavy atom. The highest BCUT2D eigenvalue weighted by molar-refractivity contribution is 8.18. The minimum atomic E-state index is -0.152. The second-order valence-corrected chi connectivity index (χ2v) is 9.83. The molecule has 2 saturated heterocycles. The molecule has 2 aromatic carbocycles. The van der Waals surface area contributed by atoms with Crippen LogP contribution >= 0.6 is 23.4 Å². The third-order valence-corrected chi connectivity index (χ3v) is 7.30. The lowest BCUT2D eigenvalue weighted by Crippen LogP contribution is -2.32. The Labute approximate surface area is 202 Å². The van der Waals surface area contributed by atoms with Crippen molar-refractivity contribution in [2.75, 3.05) is 19.6 Å². The van der Waals surface area contributed by atoms with E-state index >= 15 is 0 Å². The summed E-state index contributed by atoms with van der Waals surface area (Å²) in [5, 5.41) is 3.92. The molecule has 170 valence electrons. The van der Waals surface area contributed by atoms with Crippen molar-refractivity contribution in [1.29, 1.82) is 0 Å². The molecule has 1 N–H and O–H groups in total. The monoisotopic (exact) mass is 479 g/mol. The quantitative estimate of drug-likeness (QED) is 0.499. The van der Waals surface area contributed by atoms with Crippen LogP contribution in [0.3, 0.4) is 0 Å². The van der Waals surface area contributed by atoms with E-state index in [1.54, 1.807) is 6.07 Å². The molecule has 0 atom stereocenters. The number of aromatic nitrogens is 2. The fourth-order valence-corrected chi connectivity index (χ4v) is 5.35. The number of hydrogen-bond donors (Lipinski definition) is 1. The number of amides is 1. The maximum absolute atomic E-state index is 12.5. The van der Waals surface area contributed by atoms with E-state index in [0.717, 1.165) is 35.5 Å². The topological polar surface area (TPSA) is 62.5 Å². The molecule has 1 aromatic heterocycles. The van der Waals surface area contributed by atoms with Crippen LogP contribution in [0, 0.1) is 6.92 Å². The summed E-state index contributed by atoms with van der Waals surface area (Å²) in [5.74, 6) is 0.870. The van der Waals surface area contributed by atoms with Gasteiger partial charge in [0.15, 0.2) is 5.17 Å². The van der Waals surface area contributed by atoms with E-state index in [1.165, 1.54) is 44.1 Å². The van der Waals surface area contributed by atoms with Gasteiger partial charge in [-0.15, -0.1) is 0 Å². The molecule has 0 saturated carbocycles. The molecular weight excluding hydrogens is 454 g/mol. The van der Waals surface area contributed by atoms with Crippen molar-refractivity contribution in [3.8, 4) is 0 Å². The Morgan fingerprint density at radius 1 is 1.15 bits per heavy atom. The number of nitrogens with zero attached hydrogens (tertiary/aromatic N) is 4. The Bertz CT molecular complexity index is 1260. The molecule has 2 fully saturated rings. The first-order valence-corrected chi connectivity index (χ1v) is 12.5. The number of benzene rings is 2. The number of aliphatic imine (C=N–C) groups is 1. The van der Waals surface area contributed by atoms with Gasteiger partial charge in [-0.1, -0.05) is 36.2 Å². The summed E-state index contributed by atoms with van der Waals surface area (Å²) in [6, 6.07) is 13.5. The van der Waals surface area contributed by atoms with E-state index in [0.29, 0.717) is 20.8 Å². The van der Waals surface area contributed by atoms with Gasteiger partial charge in [-0.2, -0.15) is 0 Å². The lowest BCUT2D eigenvalue weighted by Gasteiger charge is -2.26. The number of nitrogens with one attached hydrogen (secondary N) is 1. The van der Waals surface area contributed by atoms with Crippen LogP contribution < -0.4 is 5.32 Å². The Kier molecular flexibility index (Phi) is 6.53. The lowest BCUT2D eigenvalue weighted by molar-refractivity contribution is -0.115. The Balaban J connectivity index is 1.37. The van der Waals surface area contributed by atoms with Gasteiger partial charge >= 0.3 is 0 Å². The van der Waals surface area contributed by atoms with Gasteiger partial charge in [-0.25, -0.2) is 9.98 Å². The maximum Gasteiger partial charge on any atom is 0.264 e. The van der Waals surface area contributed by atoms with Crippen LogP contribution in [0.1, 0.15) is 30.7 Å². The first-order chi connectivity index (χ1) is 16.1. The van der Waals surface area contributed by atoms with Crippen molar-refractivity contribution in [3.63, 3.8) is 0 Å². The average molecular weight is 480 g/mol. The van der Waals surface area contributed by atoms with Gasteiger partial charge in [-0.3, -0.25) is 4.79 Å². The smallest absolute Gasteiger partial charge is 0.264 e. The summed E-state index contributed by atoms with van der Waals surface area (Å²) < 4.78 is 2.29. The van der Waals surface area contributed by atoms with Crippen LogP contribution in [-0.4, -0.2) is 45.2 Å². The third-order valence-electron chi connectivity index (χ3n) is 6.07. The summed E-state index contributed by atoms with van der Waals surface area (Å²) in [4.78, 5) is 24.9. The zero-order valence-electron chi connectivity index (χ0n) is 18.6. The van der Waals surface area contributed by atoms with Crippen LogP contribution in [0.25, 0.3) is 17.1 Å². The molecule has 3 heterocycles. The van der Waals surface area contributed by atoms with Crippen LogP contribution in [0.15, 0.2) is 52.4 Å². The van der Waals surface area contributed by atoms with E-state index in [-0.39, 0.29) is 5.91 Å². The van der Waals surface area contributed by atoms with E-state index in [2.05, 4.69) is 32.8 Å². The second kappa shape index (κ2) is 9.71. The van der Waals surface area contributed by atoms with Crippen molar-refractivity contribution < 1.29 is 4.79 Å². The summed E-state index contributed by atoms with van der Waals surface area (Å²) in [5.41, 5.74) is 3.70. The average Bonchev–Trinajstić information content (AvgIpc) is 3.32. The molecule has 1 amide bonds. The molecule has 0 bridgehead atoms. The standard InChI is InChI=1S/C25H26ClN5OS/c1-17-27-21-10-9-18(15-22(21)31(17)14-13-30-11-5-2-6-12-30)16-23-24(32)29-25(33-23)28-20-8-4-3-7-19(20)26/h3-4,7-10,15-16H,2,5-6,11-14H2,1H3,(H,28,29,32). The fourth-order valence-electron chi connectivity index (χ4n) is 4.34. The third kappa shape index (κ3) is 5.00. The normalized spacial score (nSPS) is 19.6. The van der Waals surface area contributed by atoms with Crippen LogP contribution in [0.2, 0.25) is 5.02 Å². The van der Waals surface area contributed by atoms with Gasteiger partial charge < -0.3 is 14.8 Å². The minimum absolute atomic E-state index is 0.152. The number of rotatable bonds is 5. The fraction of sp³-hybridized carbons (Fsp3) is 0.320. The number of amidine groups is 1. The van der Waals surface area contributed by atoms with Crippen LogP contribution in [0.5, 0.6) is 0 Å². The number of thioether (sulfide) groups is 1. The SMILES string of the molecule is Cc1nc2ccc(C=C3SC(=Nc4ccccc4Cl)NC3=O)cc2n1CCN1CCCCC1. The predicted octanol–water partition coefficient (Wildman–Crippen LogP) is 5.38. The van der Waals surface area contributed by atoms with Crippen molar-refractivity contribution in [1.82, 2.24) is 19.8 Å². The molecular formula is C25H26ClN5OS. The molecule has 0 radical (unpaired) electrons. The minimum Gasteiger partial charge on any atom is -0.327 e. The number of fused-ring (bicyclic) bond motifs is 1. The first kappa shape index (κ1) is 22.2. The van der Waals surface area contributed by atoms with Crippen molar-refractivity contribution in [3.05, 3.63) is 63.8 Å². The number of piperidine rings is 1. The molecule has 5 rings (SSSR count). The maximum atomic E-state index is 12.5. The molecule has 3 aromatic rings. The number of imidazole rings is 1. The summed E-state index contributed by atoms with van der Waals surface area (Å²) >= 11 is 7.52. The van der Waals surface area contributed by atoms with Gasteiger partial charge in [0.05, 0.1) is 26.6 Å². The summed E-state index contributed by atoms with van der Waals surface area (Å²) in [7, 11) is 0. The molecule has 8 heteroatoms. The highest BCUT2D eigenvalue weighted by Gasteiger charge is 2.24.